The average molecular weight is 395 g/mol. The summed E-state index contributed by atoms with van der Waals surface area (Å²) in [6.07, 6.45) is 3.95. The van der Waals surface area contributed by atoms with Crippen LogP contribution in [0.1, 0.15) is 26.5 Å². The number of nitrogens with zero attached hydrogens (tertiary/aromatic N) is 3. The lowest BCUT2D eigenvalue weighted by atomic mass is 10.1. The van der Waals surface area contributed by atoms with E-state index in [1.807, 2.05) is 49.4 Å². The largest absolute Gasteiger partial charge is 0.296 e. The van der Waals surface area contributed by atoms with E-state index in [1.165, 1.54) is 17.5 Å². The van der Waals surface area contributed by atoms with Gasteiger partial charge in [-0.05, 0) is 36.2 Å². The van der Waals surface area contributed by atoms with Gasteiger partial charge in [0, 0.05) is 22.5 Å². The highest BCUT2D eigenvalue weighted by atomic mass is 35.5. The summed E-state index contributed by atoms with van der Waals surface area (Å²) in [6.45, 7) is 1.97. The highest BCUT2D eigenvalue weighted by molar-refractivity contribution is 7.15. The molecule has 0 aliphatic carbocycles. The number of halogens is 1. The van der Waals surface area contributed by atoms with Crippen LogP contribution in [0.25, 0.3) is 11.0 Å². The van der Waals surface area contributed by atoms with Gasteiger partial charge in [0.25, 0.3) is 5.91 Å². The molecule has 0 spiro atoms. The number of aromatic nitrogens is 3. The van der Waals surface area contributed by atoms with E-state index in [0.29, 0.717) is 17.1 Å². The third-order valence-electron chi connectivity index (χ3n) is 4.07. The number of nitrogens with one attached hydrogen (secondary N) is 1. The fraction of sp³-hybridized carbons (Fsp3) is 0.100. The van der Waals surface area contributed by atoms with Gasteiger partial charge in [-0.1, -0.05) is 35.9 Å². The molecule has 0 bridgehead atoms. The van der Waals surface area contributed by atoms with Gasteiger partial charge in [0.1, 0.15) is 5.69 Å². The van der Waals surface area contributed by atoms with Gasteiger partial charge < -0.3 is 0 Å². The highest BCUT2D eigenvalue weighted by Crippen LogP contribution is 2.24. The fourth-order valence-corrected chi connectivity index (χ4v) is 3.67. The lowest BCUT2D eigenvalue weighted by Gasteiger charge is -2.03. The first-order valence-corrected chi connectivity index (χ1v) is 9.51. The maximum atomic E-state index is 12.4. The van der Waals surface area contributed by atoms with Gasteiger partial charge in [-0.15, -0.1) is 11.3 Å². The molecular weight excluding hydrogens is 380 g/mol. The molecule has 4 aromatic rings. The summed E-state index contributed by atoms with van der Waals surface area (Å²) >= 11 is 7.61. The molecule has 134 valence electrons. The van der Waals surface area contributed by atoms with E-state index in [2.05, 4.69) is 20.3 Å². The Balaban J connectivity index is 1.47. The minimum absolute atomic E-state index is 0.260. The third-order valence-corrected chi connectivity index (χ3v) is 5.39. The molecule has 4 rings (SSSR count). The molecule has 2 heterocycles. The summed E-state index contributed by atoms with van der Waals surface area (Å²) in [7, 11) is 0. The topological polar surface area (TPSA) is 67.8 Å². The molecule has 1 N–H and O–H groups in total. The number of hydrogen-bond acceptors (Lipinski definition) is 5. The van der Waals surface area contributed by atoms with Crippen LogP contribution in [-0.2, 0) is 6.42 Å². The van der Waals surface area contributed by atoms with Crippen molar-refractivity contribution < 1.29 is 4.79 Å². The first-order valence-electron chi connectivity index (χ1n) is 8.31. The number of benzene rings is 2. The second kappa shape index (κ2) is 7.42. The van der Waals surface area contributed by atoms with Gasteiger partial charge in [-0.2, -0.15) is 0 Å². The Morgan fingerprint density at radius 1 is 1.11 bits per heavy atom. The Bertz CT molecular complexity index is 1140. The maximum absolute atomic E-state index is 12.4. The number of carbonyl (C=O) groups is 1. The summed E-state index contributed by atoms with van der Waals surface area (Å²) in [5, 5.41) is 4.07. The Morgan fingerprint density at radius 3 is 2.74 bits per heavy atom. The standard InChI is InChI=1S/C20H15ClN4OS/c1-12-6-7-13(9-15(12)21)8-14-10-23-20(27-14)25-19(26)18-11-22-16-4-2-3-5-17(16)24-18/h2-7,9-11H,8H2,1H3,(H,23,25,26). The van der Waals surface area contributed by atoms with Crippen molar-refractivity contribution in [3.05, 3.63) is 81.6 Å². The zero-order chi connectivity index (χ0) is 18.8. The van der Waals surface area contributed by atoms with Crippen LogP contribution in [0.3, 0.4) is 0 Å². The summed E-state index contributed by atoms with van der Waals surface area (Å²) in [5.41, 5.74) is 3.85. The van der Waals surface area contributed by atoms with Crippen LogP contribution in [-0.4, -0.2) is 20.9 Å². The van der Waals surface area contributed by atoms with Crippen LogP contribution >= 0.6 is 22.9 Å². The molecule has 27 heavy (non-hydrogen) atoms. The number of aryl methyl sites for hydroxylation is 1. The Hall–Kier alpha value is -2.83. The zero-order valence-corrected chi connectivity index (χ0v) is 16.0. The molecule has 0 radical (unpaired) electrons. The fourth-order valence-electron chi connectivity index (χ4n) is 2.62. The SMILES string of the molecule is Cc1ccc(Cc2cnc(NC(=O)c3cnc4ccccc4n3)s2)cc1Cl. The van der Waals surface area contributed by atoms with E-state index in [1.54, 1.807) is 6.20 Å². The highest BCUT2D eigenvalue weighted by Gasteiger charge is 2.12. The molecule has 7 heteroatoms. The Kier molecular flexibility index (Phi) is 4.83. The quantitative estimate of drug-likeness (QED) is 0.535. The van der Waals surface area contributed by atoms with Crippen molar-refractivity contribution in [1.82, 2.24) is 15.0 Å². The molecule has 0 aliphatic rings. The molecule has 0 unspecified atom stereocenters. The van der Waals surface area contributed by atoms with E-state index in [9.17, 15) is 4.79 Å². The monoisotopic (exact) mass is 394 g/mol. The Labute approximate surface area is 165 Å². The zero-order valence-electron chi connectivity index (χ0n) is 14.4. The van der Waals surface area contributed by atoms with Crippen LogP contribution in [0.5, 0.6) is 0 Å². The van der Waals surface area contributed by atoms with Crippen molar-refractivity contribution in [2.24, 2.45) is 0 Å². The molecule has 0 saturated heterocycles. The number of anilines is 1. The molecule has 2 aromatic heterocycles. The van der Waals surface area contributed by atoms with Crippen molar-refractivity contribution in [2.75, 3.05) is 5.32 Å². The summed E-state index contributed by atoms with van der Waals surface area (Å²) in [6, 6.07) is 13.4. The number of fused-ring (bicyclic) bond motifs is 1. The molecule has 5 nitrogen and oxygen atoms in total. The maximum Gasteiger partial charge on any atom is 0.277 e. The van der Waals surface area contributed by atoms with Gasteiger partial charge in [-0.25, -0.2) is 9.97 Å². The van der Waals surface area contributed by atoms with Crippen molar-refractivity contribution in [3.63, 3.8) is 0 Å². The number of para-hydroxylation sites is 2. The molecule has 0 atom stereocenters. The average Bonchev–Trinajstić information content (AvgIpc) is 3.11. The van der Waals surface area contributed by atoms with E-state index >= 15 is 0 Å². The van der Waals surface area contributed by atoms with Gasteiger partial charge in [0.15, 0.2) is 5.13 Å². The van der Waals surface area contributed by atoms with Crippen LogP contribution in [0.15, 0.2) is 54.9 Å². The van der Waals surface area contributed by atoms with Crippen molar-refractivity contribution in [3.8, 4) is 0 Å². The minimum Gasteiger partial charge on any atom is -0.296 e. The van der Waals surface area contributed by atoms with Gasteiger partial charge in [-0.3, -0.25) is 15.1 Å². The number of amides is 1. The molecule has 0 saturated carbocycles. The first-order chi connectivity index (χ1) is 13.1. The predicted molar refractivity (Wildman–Crippen MR) is 109 cm³/mol. The lowest BCUT2D eigenvalue weighted by Crippen LogP contribution is -2.13. The summed E-state index contributed by atoms with van der Waals surface area (Å²) in [4.78, 5) is 26.4. The molecule has 0 fully saturated rings. The minimum atomic E-state index is -0.326. The van der Waals surface area contributed by atoms with Crippen molar-refractivity contribution in [2.45, 2.75) is 13.3 Å². The normalized spacial score (nSPS) is 10.9. The van der Waals surface area contributed by atoms with Gasteiger partial charge in [0.2, 0.25) is 0 Å². The van der Waals surface area contributed by atoms with Gasteiger partial charge >= 0.3 is 0 Å². The van der Waals surface area contributed by atoms with E-state index in [4.69, 9.17) is 11.6 Å². The molecule has 2 aromatic carbocycles. The predicted octanol–water partition coefficient (Wildman–Crippen LogP) is 4.89. The summed E-state index contributed by atoms with van der Waals surface area (Å²) in [5.74, 6) is -0.326. The van der Waals surface area contributed by atoms with Crippen LogP contribution < -0.4 is 5.32 Å². The number of carbonyl (C=O) groups excluding carboxylic acids is 1. The first kappa shape index (κ1) is 17.6. The van der Waals surface area contributed by atoms with Crippen molar-refractivity contribution in [1.29, 1.82) is 0 Å². The van der Waals surface area contributed by atoms with E-state index < -0.39 is 0 Å². The molecule has 0 aliphatic heterocycles. The summed E-state index contributed by atoms with van der Waals surface area (Å²) < 4.78 is 0. The number of thiazole rings is 1. The van der Waals surface area contributed by atoms with Crippen LogP contribution in [0.4, 0.5) is 5.13 Å². The second-order valence-corrected chi connectivity index (χ2v) is 7.61. The van der Waals surface area contributed by atoms with Gasteiger partial charge in [0.05, 0.1) is 17.2 Å². The number of rotatable bonds is 4. The lowest BCUT2D eigenvalue weighted by molar-refractivity contribution is 0.102. The third kappa shape index (κ3) is 3.97. The van der Waals surface area contributed by atoms with E-state index in [0.717, 1.165) is 26.5 Å². The molecular formula is C20H15ClN4OS. The Morgan fingerprint density at radius 2 is 1.93 bits per heavy atom. The van der Waals surface area contributed by atoms with Crippen LogP contribution in [0.2, 0.25) is 5.02 Å². The van der Waals surface area contributed by atoms with Crippen molar-refractivity contribution >= 4 is 45.0 Å². The van der Waals surface area contributed by atoms with E-state index in [-0.39, 0.29) is 11.6 Å². The second-order valence-electron chi connectivity index (χ2n) is 6.09. The number of hydrogen-bond donors (Lipinski definition) is 1. The smallest absolute Gasteiger partial charge is 0.277 e. The molecule has 1 amide bonds. The van der Waals surface area contributed by atoms with Crippen LogP contribution in [0, 0.1) is 6.92 Å².